The molecule has 0 amide bonds. The van der Waals surface area contributed by atoms with Crippen molar-refractivity contribution in [1.29, 1.82) is 5.26 Å². The molecule has 0 radical (unpaired) electrons. The molecular weight excluding hydrogens is 208 g/mol. The number of nitriles is 1. The summed E-state index contributed by atoms with van der Waals surface area (Å²) < 4.78 is 0. The summed E-state index contributed by atoms with van der Waals surface area (Å²) in [6.07, 6.45) is 4.13. The Hall–Kier alpha value is -1.33. The number of nitrogens with zero attached hydrogens (tertiary/aromatic N) is 1. The van der Waals surface area contributed by atoms with Crippen molar-refractivity contribution in [3.8, 4) is 6.07 Å². The minimum Gasteiger partial charge on any atom is -0.307 e. The second kappa shape index (κ2) is 5.33. The Kier molecular flexibility index (Phi) is 3.81. The maximum atomic E-state index is 8.76. The summed E-state index contributed by atoms with van der Waals surface area (Å²) in [5, 5.41) is 12.4. The number of benzene rings is 1. The lowest BCUT2D eigenvalue weighted by Crippen LogP contribution is -2.38. The van der Waals surface area contributed by atoms with E-state index in [1.807, 2.05) is 24.3 Å². The van der Waals surface area contributed by atoms with E-state index in [0.717, 1.165) is 11.5 Å². The molecular formula is C15H20N2. The van der Waals surface area contributed by atoms with Gasteiger partial charge in [-0.3, -0.25) is 0 Å². The molecule has 1 N–H and O–H groups in total. The summed E-state index contributed by atoms with van der Waals surface area (Å²) in [5.41, 5.74) is 1.99. The van der Waals surface area contributed by atoms with E-state index in [-0.39, 0.29) is 0 Å². The van der Waals surface area contributed by atoms with Crippen LogP contribution < -0.4 is 5.32 Å². The van der Waals surface area contributed by atoms with E-state index in [4.69, 9.17) is 5.26 Å². The molecule has 0 spiro atoms. The molecule has 0 bridgehead atoms. The molecule has 2 rings (SSSR count). The minimum atomic E-state index is 0.360. The topological polar surface area (TPSA) is 35.8 Å². The number of rotatable bonds is 4. The molecule has 2 heteroatoms. The van der Waals surface area contributed by atoms with Crippen molar-refractivity contribution in [2.24, 2.45) is 5.92 Å². The third kappa shape index (κ3) is 2.87. The van der Waals surface area contributed by atoms with Crippen LogP contribution in [0.25, 0.3) is 0 Å². The SMILES string of the molecule is CC(NC(C)C1CCC1)c1ccc(C#N)cc1. The lowest BCUT2D eigenvalue weighted by atomic mass is 9.80. The molecule has 1 aromatic rings. The van der Waals surface area contributed by atoms with Crippen LogP contribution in [0.1, 0.15) is 50.3 Å². The Morgan fingerprint density at radius 2 is 1.88 bits per heavy atom. The first kappa shape index (κ1) is 12.1. The predicted octanol–water partition coefficient (Wildman–Crippen LogP) is 3.40. The lowest BCUT2D eigenvalue weighted by Gasteiger charge is -2.34. The normalized spacial score (nSPS) is 19.1. The molecule has 1 aromatic carbocycles. The summed E-state index contributed by atoms with van der Waals surface area (Å²) >= 11 is 0. The minimum absolute atomic E-state index is 0.360. The third-order valence-electron chi connectivity index (χ3n) is 3.91. The van der Waals surface area contributed by atoms with Crippen LogP contribution in [0.5, 0.6) is 0 Å². The number of hydrogen-bond donors (Lipinski definition) is 1. The van der Waals surface area contributed by atoms with Crippen LogP contribution in [-0.2, 0) is 0 Å². The molecule has 1 saturated carbocycles. The fraction of sp³-hybridized carbons (Fsp3) is 0.533. The monoisotopic (exact) mass is 228 g/mol. The van der Waals surface area contributed by atoms with Gasteiger partial charge in [-0.15, -0.1) is 0 Å². The van der Waals surface area contributed by atoms with E-state index in [1.54, 1.807) is 0 Å². The van der Waals surface area contributed by atoms with Crippen molar-refractivity contribution in [1.82, 2.24) is 5.32 Å². The highest BCUT2D eigenvalue weighted by Crippen LogP contribution is 2.30. The summed E-state index contributed by atoms with van der Waals surface area (Å²) in [6.45, 7) is 4.47. The molecule has 1 aliphatic rings. The van der Waals surface area contributed by atoms with Crippen molar-refractivity contribution >= 4 is 0 Å². The van der Waals surface area contributed by atoms with Crippen LogP contribution in [0.15, 0.2) is 24.3 Å². The van der Waals surface area contributed by atoms with Gasteiger partial charge < -0.3 is 5.32 Å². The van der Waals surface area contributed by atoms with Crippen molar-refractivity contribution in [3.63, 3.8) is 0 Å². The number of hydrogen-bond acceptors (Lipinski definition) is 2. The Bertz CT molecular complexity index is 398. The van der Waals surface area contributed by atoms with Gasteiger partial charge in [0.2, 0.25) is 0 Å². The first-order valence-corrected chi connectivity index (χ1v) is 6.47. The van der Waals surface area contributed by atoms with E-state index in [0.29, 0.717) is 12.1 Å². The van der Waals surface area contributed by atoms with Crippen LogP contribution >= 0.6 is 0 Å². The van der Waals surface area contributed by atoms with Gasteiger partial charge in [-0.2, -0.15) is 5.26 Å². The van der Waals surface area contributed by atoms with Gasteiger partial charge >= 0.3 is 0 Å². The van der Waals surface area contributed by atoms with E-state index in [2.05, 4.69) is 25.2 Å². The highest BCUT2D eigenvalue weighted by molar-refractivity contribution is 5.32. The Morgan fingerprint density at radius 3 is 2.35 bits per heavy atom. The van der Waals surface area contributed by atoms with Crippen LogP contribution in [0.2, 0.25) is 0 Å². The summed E-state index contributed by atoms with van der Waals surface area (Å²) in [4.78, 5) is 0. The average molecular weight is 228 g/mol. The quantitative estimate of drug-likeness (QED) is 0.857. The maximum absolute atomic E-state index is 8.76. The van der Waals surface area contributed by atoms with Gasteiger partial charge in [0.05, 0.1) is 11.6 Å². The zero-order valence-electron chi connectivity index (χ0n) is 10.6. The van der Waals surface area contributed by atoms with Gasteiger partial charge in [-0.25, -0.2) is 0 Å². The Morgan fingerprint density at radius 1 is 1.24 bits per heavy atom. The number of nitrogens with one attached hydrogen (secondary N) is 1. The van der Waals surface area contributed by atoms with Gasteiger partial charge in [-0.05, 0) is 50.3 Å². The van der Waals surface area contributed by atoms with Gasteiger partial charge in [0, 0.05) is 12.1 Å². The van der Waals surface area contributed by atoms with E-state index in [1.165, 1.54) is 24.8 Å². The molecule has 2 nitrogen and oxygen atoms in total. The van der Waals surface area contributed by atoms with E-state index >= 15 is 0 Å². The summed E-state index contributed by atoms with van der Waals surface area (Å²) in [7, 11) is 0. The lowest BCUT2D eigenvalue weighted by molar-refractivity contribution is 0.230. The Balaban J connectivity index is 1.94. The smallest absolute Gasteiger partial charge is 0.0991 e. The molecule has 2 unspecified atom stereocenters. The van der Waals surface area contributed by atoms with E-state index < -0.39 is 0 Å². The molecule has 17 heavy (non-hydrogen) atoms. The fourth-order valence-electron chi connectivity index (χ4n) is 2.41. The molecule has 1 aliphatic carbocycles. The average Bonchev–Trinajstić information content (AvgIpc) is 2.26. The molecule has 0 saturated heterocycles. The van der Waals surface area contributed by atoms with Crippen LogP contribution in [0, 0.1) is 17.2 Å². The van der Waals surface area contributed by atoms with Gasteiger partial charge in [-0.1, -0.05) is 18.6 Å². The largest absolute Gasteiger partial charge is 0.307 e. The highest BCUT2D eigenvalue weighted by Gasteiger charge is 2.24. The van der Waals surface area contributed by atoms with Crippen molar-refractivity contribution < 1.29 is 0 Å². The van der Waals surface area contributed by atoms with Gasteiger partial charge in [0.1, 0.15) is 0 Å². The molecule has 1 fully saturated rings. The molecule has 2 atom stereocenters. The second-order valence-electron chi connectivity index (χ2n) is 5.10. The molecule has 90 valence electrons. The van der Waals surface area contributed by atoms with Crippen molar-refractivity contribution in [2.75, 3.05) is 0 Å². The standard InChI is InChI=1S/C15H20N2/c1-11(14-4-3-5-14)17-12(2)15-8-6-13(10-16)7-9-15/h6-9,11-12,14,17H,3-5H2,1-2H3. The van der Waals surface area contributed by atoms with Gasteiger partial charge in [0.25, 0.3) is 0 Å². The van der Waals surface area contributed by atoms with E-state index in [9.17, 15) is 0 Å². The van der Waals surface area contributed by atoms with Gasteiger partial charge in [0.15, 0.2) is 0 Å². The van der Waals surface area contributed by atoms with Crippen molar-refractivity contribution in [2.45, 2.75) is 45.2 Å². The zero-order valence-corrected chi connectivity index (χ0v) is 10.6. The predicted molar refractivity (Wildman–Crippen MR) is 69.5 cm³/mol. The molecule has 0 heterocycles. The fourth-order valence-corrected chi connectivity index (χ4v) is 2.41. The first-order valence-electron chi connectivity index (χ1n) is 6.47. The summed E-state index contributed by atoms with van der Waals surface area (Å²) in [5.74, 6) is 0.857. The molecule has 0 aromatic heterocycles. The summed E-state index contributed by atoms with van der Waals surface area (Å²) in [6, 6.07) is 11.0. The third-order valence-corrected chi connectivity index (χ3v) is 3.91. The van der Waals surface area contributed by atoms with Crippen LogP contribution in [0.4, 0.5) is 0 Å². The second-order valence-corrected chi connectivity index (χ2v) is 5.10. The van der Waals surface area contributed by atoms with Crippen molar-refractivity contribution in [3.05, 3.63) is 35.4 Å². The van der Waals surface area contributed by atoms with Crippen LogP contribution in [0.3, 0.4) is 0 Å². The molecule has 0 aliphatic heterocycles. The highest BCUT2D eigenvalue weighted by atomic mass is 14.9. The first-order chi connectivity index (χ1) is 8.20. The van der Waals surface area contributed by atoms with Crippen LogP contribution in [-0.4, -0.2) is 6.04 Å². The maximum Gasteiger partial charge on any atom is 0.0991 e. The Labute approximate surface area is 104 Å². The zero-order chi connectivity index (χ0) is 12.3.